The average Bonchev–Trinajstić information content (AvgIpc) is 3.35. The predicted octanol–water partition coefficient (Wildman–Crippen LogP) is 3.06. The molecule has 4 rings (SSSR count). The largest absolute Gasteiger partial charge is 0.494 e. The number of aromatic nitrogens is 3. The molecule has 0 spiro atoms. The van der Waals surface area contributed by atoms with Crippen LogP contribution in [0.25, 0.3) is 11.1 Å². The Kier molecular flexibility index (Phi) is 4.45. The maximum absolute atomic E-state index is 14.4. The van der Waals surface area contributed by atoms with Crippen molar-refractivity contribution in [1.82, 2.24) is 20.1 Å². The molecule has 1 fully saturated rings. The van der Waals surface area contributed by atoms with Gasteiger partial charge in [0.2, 0.25) is 0 Å². The number of hydrogen-bond donors (Lipinski definition) is 1. The summed E-state index contributed by atoms with van der Waals surface area (Å²) in [6.45, 7) is 1.19. The number of methoxy groups -OCH3 is 1. The summed E-state index contributed by atoms with van der Waals surface area (Å²) in [6, 6.07) is 8.43. The molecule has 1 saturated heterocycles. The van der Waals surface area contributed by atoms with E-state index in [1.165, 1.54) is 7.11 Å². The van der Waals surface area contributed by atoms with Crippen molar-refractivity contribution >= 4 is 11.8 Å². The summed E-state index contributed by atoms with van der Waals surface area (Å²) >= 11 is 0. The van der Waals surface area contributed by atoms with Gasteiger partial charge >= 0.3 is 6.03 Å². The maximum Gasteiger partial charge on any atom is 0.326 e. The molecular formula is C19H18FN5O2. The molecular weight excluding hydrogens is 349 g/mol. The summed E-state index contributed by atoms with van der Waals surface area (Å²) in [4.78, 5) is 20.3. The van der Waals surface area contributed by atoms with Crippen molar-refractivity contribution in [3.05, 3.63) is 60.3 Å². The summed E-state index contributed by atoms with van der Waals surface area (Å²) < 4.78 is 19.4. The highest BCUT2D eigenvalue weighted by Crippen LogP contribution is 2.25. The molecule has 0 bridgehead atoms. The van der Waals surface area contributed by atoms with Crippen LogP contribution in [0.5, 0.6) is 5.75 Å². The number of nitrogens with zero attached hydrogens (tertiary/aromatic N) is 4. The minimum absolute atomic E-state index is 0.174. The number of carbonyl (C=O) groups is 1. The lowest BCUT2D eigenvalue weighted by atomic mass is 10.2. The van der Waals surface area contributed by atoms with Gasteiger partial charge in [-0.2, -0.15) is 5.10 Å². The molecule has 2 amide bonds. The highest BCUT2D eigenvalue weighted by Gasteiger charge is 2.31. The minimum atomic E-state index is -0.436. The first-order valence-corrected chi connectivity index (χ1v) is 8.50. The standard InChI is InChI=1S/C19H18FN5O2/c1-27-16-4-2-3-14(18(16)20)12-24-7-8-25(19(24)26)17-6-5-13(9-21-17)15-10-22-23-11-15/h2-6,9-11H,7-8,12H2,1H3,(H,22,23). The topological polar surface area (TPSA) is 74.3 Å². The second kappa shape index (κ2) is 7.06. The predicted molar refractivity (Wildman–Crippen MR) is 97.9 cm³/mol. The van der Waals surface area contributed by atoms with E-state index in [0.29, 0.717) is 24.5 Å². The zero-order chi connectivity index (χ0) is 18.8. The van der Waals surface area contributed by atoms with Crippen LogP contribution in [0.15, 0.2) is 48.9 Å². The summed E-state index contributed by atoms with van der Waals surface area (Å²) in [7, 11) is 1.42. The normalized spacial score (nSPS) is 14.1. The van der Waals surface area contributed by atoms with Crippen molar-refractivity contribution in [2.24, 2.45) is 0 Å². The first-order valence-electron chi connectivity index (χ1n) is 8.50. The molecule has 8 heteroatoms. The second-order valence-corrected chi connectivity index (χ2v) is 6.18. The van der Waals surface area contributed by atoms with Crippen molar-refractivity contribution in [2.75, 3.05) is 25.1 Å². The van der Waals surface area contributed by atoms with E-state index in [-0.39, 0.29) is 18.3 Å². The van der Waals surface area contributed by atoms with Gasteiger partial charge in [0.05, 0.1) is 19.9 Å². The minimum Gasteiger partial charge on any atom is -0.494 e. The Morgan fingerprint density at radius 1 is 1.19 bits per heavy atom. The van der Waals surface area contributed by atoms with Gasteiger partial charge in [-0.05, 0) is 18.2 Å². The molecule has 3 aromatic rings. The maximum atomic E-state index is 14.4. The van der Waals surface area contributed by atoms with Crippen LogP contribution in [0.2, 0.25) is 0 Å². The molecule has 3 heterocycles. The van der Waals surface area contributed by atoms with Gasteiger partial charge in [-0.1, -0.05) is 12.1 Å². The van der Waals surface area contributed by atoms with Crippen LogP contribution in [-0.2, 0) is 6.54 Å². The second-order valence-electron chi connectivity index (χ2n) is 6.18. The monoisotopic (exact) mass is 367 g/mol. The van der Waals surface area contributed by atoms with Crippen molar-refractivity contribution in [3.8, 4) is 16.9 Å². The van der Waals surface area contributed by atoms with Gasteiger partial charge in [-0.3, -0.25) is 10.00 Å². The van der Waals surface area contributed by atoms with Crippen molar-refractivity contribution < 1.29 is 13.9 Å². The van der Waals surface area contributed by atoms with E-state index < -0.39 is 5.82 Å². The fraction of sp³-hybridized carbons (Fsp3) is 0.211. The zero-order valence-corrected chi connectivity index (χ0v) is 14.7. The number of ether oxygens (including phenoxy) is 1. The van der Waals surface area contributed by atoms with E-state index in [0.717, 1.165) is 11.1 Å². The van der Waals surface area contributed by atoms with Crippen LogP contribution in [-0.4, -0.2) is 46.3 Å². The summed E-state index contributed by atoms with van der Waals surface area (Å²) in [5, 5.41) is 6.67. The number of halogens is 1. The number of hydrogen-bond acceptors (Lipinski definition) is 4. The number of rotatable bonds is 5. The Morgan fingerprint density at radius 3 is 2.78 bits per heavy atom. The number of carbonyl (C=O) groups excluding carboxylic acids is 1. The van der Waals surface area contributed by atoms with Gasteiger partial charge in [-0.25, -0.2) is 14.2 Å². The van der Waals surface area contributed by atoms with Crippen LogP contribution < -0.4 is 9.64 Å². The lowest BCUT2D eigenvalue weighted by Crippen LogP contribution is -2.32. The highest BCUT2D eigenvalue weighted by atomic mass is 19.1. The molecule has 1 N–H and O–H groups in total. The Bertz CT molecular complexity index is 943. The Hall–Kier alpha value is -3.42. The van der Waals surface area contributed by atoms with Crippen LogP contribution in [0, 0.1) is 5.82 Å². The fourth-order valence-corrected chi connectivity index (χ4v) is 3.11. The van der Waals surface area contributed by atoms with Crippen molar-refractivity contribution in [2.45, 2.75) is 6.54 Å². The summed E-state index contributed by atoms with van der Waals surface area (Å²) in [5.74, 6) is 0.308. The molecule has 0 saturated carbocycles. The number of urea groups is 1. The van der Waals surface area contributed by atoms with Gasteiger partial charge in [0.15, 0.2) is 11.6 Å². The molecule has 0 atom stereocenters. The lowest BCUT2D eigenvalue weighted by molar-refractivity contribution is 0.218. The smallest absolute Gasteiger partial charge is 0.326 e. The van der Waals surface area contributed by atoms with Crippen LogP contribution >= 0.6 is 0 Å². The molecule has 2 aromatic heterocycles. The first kappa shape index (κ1) is 17.0. The van der Waals surface area contributed by atoms with Gasteiger partial charge < -0.3 is 9.64 Å². The van der Waals surface area contributed by atoms with Crippen LogP contribution in [0.3, 0.4) is 0 Å². The third-order valence-corrected chi connectivity index (χ3v) is 4.58. The van der Waals surface area contributed by atoms with Crippen LogP contribution in [0.4, 0.5) is 15.0 Å². The molecule has 0 unspecified atom stereocenters. The van der Waals surface area contributed by atoms with E-state index >= 15 is 0 Å². The summed E-state index contributed by atoms with van der Waals surface area (Å²) in [6.07, 6.45) is 5.20. The number of aromatic amines is 1. The number of H-pyrrole nitrogens is 1. The lowest BCUT2D eigenvalue weighted by Gasteiger charge is -2.19. The van der Waals surface area contributed by atoms with E-state index in [1.54, 1.807) is 52.7 Å². The molecule has 27 heavy (non-hydrogen) atoms. The average molecular weight is 367 g/mol. The molecule has 0 radical (unpaired) electrons. The van der Waals surface area contributed by atoms with Gasteiger partial charge in [0, 0.05) is 42.2 Å². The molecule has 138 valence electrons. The van der Waals surface area contributed by atoms with Gasteiger partial charge in [0.1, 0.15) is 5.82 Å². The number of pyridine rings is 1. The number of benzene rings is 1. The molecule has 7 nitrogen and oxygen atoms in total. The number of amides is 2. The molecule has 1 aliphatic heterocycles. The number of nitrogens with one attached hydrogen (secondary N) is 1. The van der Waals surface area contributed by atoms with Crippen molar-refractivity contribution in [1.29, 1.82) is 0 Å². The Labute approximate surface area is 155 Å². The van der Waals surface area contributed by atoms with Crippen LogP contribution in [0.1, 0.15) is 5.56 Å². The highest BCUT2D eigenvalue weighted by molar-refractivity contribution is 5.93. The van der Waals surface area contributed by atoms with E-state index in [9.17, 15) is 9.18 Å². The SMILES string of the molecule is COc1cccc(CN2CCN(c3ccc(-c4cn[nH]c4)cn3)C2=O)c1F. The van der Waals surface area contributed by atoms with E-state index in [4.69, 9.17) is 4.74 Å². The van der Waals surface area contributed by atoms with Gasteiger partial charge in [0.25, 0.3) is 0 Å². The molecule has 0 aliphatic carbocycles. The third kappa shape index (κ3) is 3.21. The summed E-state index contributed by atoms with van der Waals surface area (Å²) in [5.41, 5.74) is 2.26. The zero-order valence-electron chi connectivity index (χ0n) is 14.7. The number of anilines is 1. The Morgan fingerprint density at radius 2 is 2.07 bits per heavy atom. The molecule has 1 aliphatic rings. The molecule has 1 aromatic carbocycles. The van der Waals surface area contributed by atoms with E-state index in [2.05, 4.69) is 15.2 Å². The quantitative estimate of drug-likeness (QED) is 0.752. The van der Waals surface area contributed by atoms with Gasteiger partial charge in [-0.15, -0.1) is 0 Å². The Balaban J connectivity index is 1.49. The third-order valence-electron chi connectivity index (χ3n) is 4.58. The van der Waals surface area contributed by atoms with Crippen molar-refractivity contribution in [3.63, 3.8) is 0 Å². The van der Waals surface area contributed by atoms with E-state index in [1.807, 2.05) is 6.07 Å². The first-order chi connectivity index (χ1) is 13.2. The fourth-order valence-electron chi connectivity index (χ4n) is 3.11.